The molecule has 2 aromatic heterocycles. The van der Waals surface area contributed by atoms with Crippen molar-refractivity contribution < 1.29 is 26.7 Å². The molecule has 11 heteroatoms. The van der Waals surface area contributed by atoms with Crippen molar-refractivity contribution in [3.63, 3.8) is 0 Å². The number of aromatic nitrogens is 1. The number of thiophene rings is 1. The minimum absolute atomic E-state index is 0.0628. The Bertz CT molecular complexity index is 2260. The van der Waals surface area contributed by atoms with E-state index in [4.69, 9.17) is 0 Å². The number of hydrogen-bond acceptors (Lipinski definition) is 4. The number of alkyl halides is 3. The highest BCUT2D eigenvalue weighted by Crippen LogP contribution is 2.33. The molecule has 280 valence electrons. The summed E-state index contributed by atoms with van der Waals surface area (Å²) >= 11 is 1.35. The topological polar surface area (TPSA) is 42.3 Å². The first-order valence-corrected chi connectivity index (χ1v) is 18.8. The molecule has 6 aromatic rings. The molecule has 0 aliphatic heterocycles. The van der Waals surface area contributed by atoms with Gasteiger partial charge >= 0.3 is 12.1 Å². The number of carbonyl (C=O) groups is 1. The van der Waals surface area contributed by atoms with Gasteiger partial charge in [0.2, 0.25) is 0 Å². The number of hydrogen-bond donors (Lipinski definition) is 0. The van der Waals surface area contributed by atoms with Gasteiger partial charge in [-0.05, 0) is 73.0 Å². The van der Waals surface area contributed by atoms with Crippen LogP contribution in [0, 0.1) is 11.6 Å². The molecule has 4 aromatic carbocycles. The summed E-state index contributed by atoms with van der Waals surface area (Å²) in [6, 6.07) is 27.6. The average molecular weight is 759 g/mol. The molecular weight excluding hydrogens is 718 g/mol. The quantitative estimate of drug-likeness (QED) is 0.0821. The smallest absolute Gasteiger partial charge is 0.330 e. The number of fused-ring (bicyclic) bond motifs is 1. The van der Waals surface area contributed by atoms with Gasteiger partial charge < -0.3 is 4.57 Å². The summed E-state index contributed by atoms with van der Waals surface area (Å²) < 4.78 is 70.1. The second-order valence-electron chi connectivity index (χ2n) is 13.3. The molecule has 0 saturated carbocycles. The second kappa shape index (κ2) is 16.6. The van der Waals surface area contributed by atoms with Crippen LogP contribution in [0.4, 0.5) is 27.6 Å². The summed E-state index contributed by atoms with van der Waals surface area (Å²) in [4.78, 5) is 30.8. The molecular formula is C43H41F5N3O2S+. The molecule has 54 heavy (non-hydrogen) atoms. The number of quaternary nitrogens is 1. The van der Waals surface area contributed by atoms with Crippen LogP contribution < -0.4 is 9.91 Å². The standard InChI is InChI=1S/C43H41F5N3O2S/c1-3-49(4-2)23-24-51(36-10-6-5-7-11-36,27-30-13-15-31(16-14-30)32-17-20-34(21-18-32)43(46,47)48)41(53)26-50-35(25-40(52)37-28-54-29-39(37)50)22-19-33-9-8-12-38(44)42(33)45/h5-18,20-21,25,28-29H,3-4,19,22-24,26-27H2,1-2H3/q+1. The Morgan fingerprint density at radius 3 is 2.13 bits per heavy atom. The lowest BCUT2D eigenvalue weighted by atomic mass is 10.0. The maximum atomic E-state index is 15.3. The summed E-state index contributed by atoms with van der Waals surface area (Å²) in [5.41, 5.74) is 3.42. The fourth-order valence-corrected chi connectivity index (χ4v) is 7.83. The van der Waals surface area contributed by atoms with Crippen LogP contribution in [0.25, 0.3) is 22.0 Å². The first-order chi connectivity index (χ1) is 25.9. The van der Waals surface area contributed by atoms with E-state index in [1.54, 1.807) is 5.38 Å². The summed E-state index contributed by atoms with van der Waals surface area (Å²) in [5.74, 6) is -2.01. The minimum atomic E-state index is -4.43. The van der Waals surface area contributed by atoms with Gasteiger partial charge in [0.25, 0.3) is 0 Å². The number of rotatable bonds is 14. The van der Waals surface area contributed by atoms with Crippen LogP contribution in [0.5, 0.6) is 0 Å². The van der Waals surface area contributed by atoms with E-state index in [1.807, 2.05) is 64.5 Å². The molecule has 0 fully saturated rings. The molecule has 0 aliphatic carbocycles. The molecule has 0 saturated heterocycles. The van der Waals surface area contributed by atoms with Crippen LogP contribution in [-0.2, 0) is 36.9 Å². The minimum Gasteiger partial charge on any atom is -0.330 e. The molecule has 0 bridgehead atoms. The number of aryl methyl sites for hydroxylation is 2. The lowest BCUT2D eigenvalue weighted by molar-refractivity contribution is -0.137. The molecule has 0 N–H and O–H groups in total. The van der Waals surface area contributed by atoms with Crippen molar-refractivity contribution >= 4 is 33.8 Å². The number of nitrogens with zero attached hydrogens (tertiary/aromatic N) is 3. The molecule has 1 amide bonds. The van der Waals surface area contributed by atoms with E-state index < -0.39 is 23.4 Å². The molecule has 0 spiro atoms. The van der Waals surface area contributed by atoms with Crippen molar-refractivity contribution in [2.45, 2.75) is 46.0 Å². The maximum absolute atomic E-state index is 15.3. The molecule has 1 unspecified atom stereocenters. The normalized spacial score (nSPS) is 13.0. The molecule has 1 atom stereocenters. The fraction of sp³-hybridized carbons (Fsp3) is 0.256. The van der Waals surface area contributed by atoms with Crippen LogP contribution in [0.2, 0.25) is 0 Å². The first kappa shape index (κ1) is 38.7. The lowest BCUT2D eigenvalue weighted by Gasteiger charge is -2.37. The third kappa shape index (κ3) is 8.38. The Morgan fingerprint density at radius 1 is 0.815 bits per heavy atom. The van der Waals surface area contributed by atoms with Gasteiger partial charge in [0, 0.05) is 34.6 Å². The highest BCUT2D eigenvalue weighted by atomic mass is 32.1. The van der Waals surface area contributed by atoms with E-state index in [2.05, 4.69) is 18.7 Å². The van der Waals surface area contributed by atoms with Crippen molar-refractivity contribution in [1.29, 1.82) is 0 Å². The highest BCUT2D eigenvalue weighted by Gasteiger charge is 2.40. The van der Waals surface area contributed by atoms with E-state index >= 15 is 4.79 Å². The number of benzene rings is 4. The zero-order valence-corrected chi connectivity index (χ0v) is 30.9. The number of pyridine rings is 1. The number of para-hydroxylation sites is 1. The van der Waals surface area contributed by atoms with Gasteiger partial charge in [0.15, 0.2) is 17.1 Å². The first-order valence-electron chi connectivity index (χ1n) is 17.9. The van der Waals surface area contributed by atoms with E-state index in [-0.39, 0.29) is 47.3 Å². The van der Waals surface area contributed by atoms with Crippen molar-refractivity contribution in [2.24, 2.45) is 0 Å². The SMILES string of the molecule is CCN(CC)CC[N+](Cc1ccc(-c2ccc(C(F)(F)F)cc2)cc1)(C(=O)Cn1c(CCc2cccc(F)c2F)cc(=O)c2cscc21)c1ccccc1. The zero-order chi connectivity index (χ0) is 38.5. The Labute approximate surface area is 315 Å². The Morgan fingerprint density at radius 2 is 1.48 bits per heavy atom. The summed E-state index contributed by atoms with van der Waals surface area (Å²) in [6.07, 6.45) is -4.10. The van der Waals surface area contributed by atoms with Crippen LogP contribution in [0.3, 0.4) is 0 Å². The van der Waals surface area contributed by atoms with E-state index in [0.717, 1.165) is 48.1 Å². The van der Waals surface area contributed by atoms with Crippen molar-refractivity contribution in [3.8, 4) is 11.1 Å². The Kier molecular flexibility index (Phi) is 11.9. The molecule has 0 radical (unpaired) electrons. The van der Waals surface area contributed by atoms with Crippen LogP contribution in [-0.4, -0.2) is 41.6 Å². The van der Waals surface area contributed by atoms with Gasteiger partial charge in [-0.25, -0.2) is 18.1 Å². The molecule has 6 rings (SSSR count). The third-order valence-corrected chi connectivity index (χ3v) is 10.9. The van der Waals surface area contributed by atoms with E-state index in [0.29, 0.717) is 35.2 Å². The fourth-order valence-electron chi connectivity index (χ4n) is 7.00. The third-order valence-electron chi connectivity index (χ3n) is 10.2. The van der Waals surface area contributed by atoms with Crippen molar-refractivity contribution in [1.82, 2.24) is 14.0 Å². The molecule has 5 nitrogen and oxygen atoms in total. The van der Waals surface area contributed by atoms with Crippen LogP contribution >= 0.6 is 11.3 Å². The van der Waals surface area contributed by atoms with Crippen molar-refractivity contribution in [3.05, 3.63) is 158 Å². The average Bonchev–Trinajstić information content (AvgIpc) is 3.68. The lowest BCUT2D eigenvalue weighted by Crippen LogP contribution is -2.58. The monoisotopic (exact) mass is 758 g/mol. The summed E-state index contributed by atoms with van der Waals surface area (Å²) in [7, 11) is 0. The van der Waals surface area contributed by atoms with E-state index in [9.17, 15) is 26.7 Å². The van der Waals surface area contributed by atoms with Gasteiger partial charge in [-0.15, -0.1) is 11.3 Å². The Hall–Kier alpha value is -4.97. The highest BCUT2D eigenvalue weighted by molar-refractivity contribution is 7.09. The predicted octanol–water partition coefficient (Wildman–Crippen LogP) is 9.89. The zero-order valence-electron chi connectivity index (χ0n) is 30.1. The number of carbonyl (C=O) groups excluding carboxylic acids is 1. The molecule has 2 heterocycles. The maximum Gasteiger partial charge on any atom is 0.416 e. The van der Waals surface area contributed by atoms with Crippen LogP contribution in [0.15, 0.2) is 119 Å². The number of likely N-dealkylation sites (N-methyl/N-ethyl adjacent to an activating group) is 1. The molecule has 0 aliphatic rings. The van der Waals surface area contributed by atoms with Gasteiger partial charge in [-0.3, -0.25) is 9.69 Å². The number of halogens is 5. The van der Waals surface area contributed by atoms with Gasteiger partial charge in [0.05, 0.1) is 16.5 Å². The Balaban J connectivity index is 1.40. The van der Waals surface area contributed by atoms with Gasteiger partial charge in [-0.2, -0.15) is 13.2 Å². The largest absolute Gasteiger partial charge is 0.416 e. The van der Waals surface area contributed by atoms with E-state index in [1.165, 1.54) is 41.7 Å². The number of amides is 1. The predicted molar refractivity (Wildman–Crippen MR) is 206 cm³/mol. The van der Waals surface area contributed by atoms with Gasteiger partial charge in [0.1, 0.15) is 25.3 Å². The van der Waals surface area contributed by atoms with Crippen molar-refractivity contribution in [2.75, 3.05) is 26.2 Å². The summed E-state index contributed by atoms with van der Waals surface area (Å²) in [6.45, 7) is 6.96. The van der Waals surface area contributed by atoms with Gasteiger partial charge in [-0.1, -0.05) is 80.6 Å². The van der Waals surface area contributed by atoms with Crippen LogP contribution in [0.1, 0.15) is 36.2 Å². The summed E-state index contributed by atoms with van der Waals surface area (Å²) in [5, 5.41) is 4.07. The second-order valence-corrected chi connectivity index (χ2v) is 14.1.